The van der Waals surface area contributed by atoms with E-state index in [1.54, 1.807) is 0 Å². The molecule has 0 bridgehead atoms. The van der Waals surface area contributed by atoms with Gasteiger partial charge in [0.25, 0.3) is 0 Å². The zero-order chi connectivity index (χ0) is 11.3. The van der Waals surface area contributed by atoms with Crippen molar-refractivity contribution < 1.29 is 19.3 Å². The number of hydrogen-bond donors (Lipinski definition) is 1. The molecule has 2 unspecified atom stereocenters. The van der Waals surface area contributed by atoms with Crippen LogP contribution in [0.3, 0.4) is 0 Å². The van der Waals surface area contributed by atoms with Gasteiger partial charge in [0.2, 0.25) is 0 Å². The summed E-state index contributed by atoms with van der Waals surface area (Å²) in [4.78, 5) is 0. The van der Waals surface area contributed by atoms with Crippen molar-refractivity contribution in [3.63, 3.8) is 0 Å². The second kappa shape index (κ2) is 5.80. The van der Waals surface area contributed by atoms with Crippen molar-refractivity contribution in [2.75, 3.05) is 33.0 Å². The van der Waals surface area contributed by atoms with E-state index in [0.717, 1.165) is 6.61 Å². The zero-order valence-corrected chi connectivity index (χ0v) is 9.57. The van der Waals surface area contributed by atoms with E-state index in [1.165, 1.54) is 0 Å². The van der Waals surface area contributed by atoms with E-state index in [4.69, 9.17) is 19.3 Å². The summed E-state index contributed by atoms with van der Waals surface area (Å²) >= 11 is 0. The van der Waals surface area contributed by atoms with E-state index >= 15 is 0 Å². The molecule has 1 fully saturated rings. The van der Waals surface area contributed by atoms with Crippen LogP contribution in [0.1, 0.15) is 13.8 Å². The molecule has 1 N–H and O–H groups in total. The highest BCUT2D eigenvalue weighted by atomic mass is 16.6. The summed E-state index contributed by atoms with van der Waals surface area (Å²) in [6.45, 7) is 10.5. The van der Waals surface area contributed by atoms with Gasteiger partial charge < -0.3 is 19.3 Å². The molecule has 4 heteroatoms. The summed E-state index contributed by atoms with van der Waals surface area (Å²) in [5, 5.41) is 8.92. The van der Waals surface area contributed by atoms with Crippen LogP contribution in [0.2, 0.25) is 0 Å². The standard InChI is InChI=1S/C11H21O4/c1-9(12)4-13-7-11(2,3)8-14-5-10-6-15-10/h9-10,12H,1,4-8H2,2-3H3. The molecular formula is C11H21O4. The summed E-state index contributed by atoms with van der Waals surface area (Å²) in [6, 6.07) is 0. The summed E-state index contributed by atoms with van der Waals surface area (Å²) < 4.78 is 15.8. The topological polar surface area (TPSA) is 51.2 Å². The Hall–Kier alpha value is -0.160. The Balaban J connectivity index is 2.01. The lowest BCUT2D eigenvalue weighted by atomic mass is 9.96. The van der Waals surface area contributed by atoms with Gasteiger partial charge in [0, 0.05) is 5.41 Å². The predicted molar refractivity (Wildman–Crippen MR) is 56.5 cm³/mol. The number of aliphatic hydroxyl groups excluding tert-OH is 1. The zero-order valence-electron chi connectivity index (χ0n) is 9.57. The lowest BCUT2D eigenvalue weighted by molar-refractivity contribution is -0.0245. The summed E-state index contributed by atoms with van der Waals surface area (Å²) in [6.07, 6.45) is -0.343. The van der Waals surface area contributed by atoms with Crippen molar-refractivity contribution in [1.82, 2.24) is 0 Å². The Kier molecular flexibility index (Phi) is 4.99. The molecule has 1 radical (unpaired) electrons. The Morgan fingerprint density at radius 2 is 2.07 bits per heavy atom. The molecule has 0 spiro atoms. The maximum atomic E-state index is 8.92. The SMILES string of the molecule is [CH2]C(O)COCC(C)(C)COCC1CO1. The van der Waals surface area contributed by atoms with E-state index in [0.29, 0.717) is 25.9 Å². The van der Waals surface area contributed by atoms with Crippen molar-refractivity contribution >= 4 is 0 Å². The van der Waals surface area contributed by atoms with Crippen LogP contribution in [0.15, 0.2) is 0 Å². The minimum atomic E-state index is -0.651. The van der Waals surface area contributed by atoms with E-state index < -0.39 is 6.10 Å². The molecule has 1 rings (SSSR count). The average Bonchev–Trinajstić information content (AvgIpc) is 2.86. The van der Waals surface area contributed by atoms with Crippen molar-refractivity contribution in [1.29, 1.82) is 0 Å². The van der Waals surface area contributed by atoms with E-state index in [2.05, 4.69) is 20.8 Å². The molecule has 1 saturated heterocycles. The summed E-state index contributed by atoms with van der Waals surface area (Å²) in [7, 11) is 0. The highest BCUT2D eigenvalue weighted by Crippen LogP contribution is 2.17. The molecule has 0 aromatic carbocycles. The number of rotatable bonds is 8. The van der Waals surface area contributed by atoms with Crippen LogP contribution in [0.5, 0.6) is 0 Å². The van der Waals surface area contributed by atoms with Crippen LogP contribution in [-0.4, -0.2) is 50.3 Å². The van der Waals surface area contributed by atoms with Crippen molar-refractivity contribution in [2.24, 2.45) is 5.41 Å². The minimum absolute atomic E-state index is 0.0379. The van der Waals surface area contributed by atoms with Gasteiger partial charge >= 0.3 is 0 Å². The van der Waals surface area contributed by atoms with Crippen LogP contribution in [0.25, 0.3) is 0 Å². The van der Waals surface area contributed by atoms with Crippen LogP contribution in [-0.2, 0) is 14.2 Å². The number of hydrogen-bond acceptors (Lipinski definition) is 4. The van der Waals surface area contributed by atoms with Crippen molar-refractivity contribution in [3.05, 3.63) is 6.92 Å². The molecule has 15 heavy (non-hydrogen) atoms. The fraction of sp³-hybridized carbons (Fsp3) is 0.909. The van der Waals surface area contributed by atoms with Gasteiger partial charge in [-0.3, -0.25) is 0 Å². The average molecular weight is 217 g/mol. The fourth-order valence-corrected chi connectivity index (χ4v) is 1.14. The van der Waals surface area contributed by atoms with Gasteiger partial charge in [0.15, 0.2) is 0 Å². The highest BCUT2D eigenvalue weighted by molar-refractivity contribution is 4.71. The molecule has 1 heterocycles. The first-order valence-electron chi connectivity index (χ1n) is 5.28. The Morgan fingerprint density at radius 1 is 1.47 bits per heavy atom. The number of ether oxygens (including phenoxy) is 3. The van der Waals surface area contributed by atoms with Crippen molar-refractivity contribution in [3.8, 4) is 0 Å². The van der Waals surface area contributed by atoms with Crippen LogP contribution in [0, 0.1) is 12.3 Å². The fourth-order valence-electron chi connectivity index (χ4n) is 1.14. The molecule has 1 aliphatic rings. The summed E-state index contributed by atoms with van der Waals surface area (Å²) in [5.74, 6) is 0. The second-order valence-corrected chi connectivity index (χ2v) is 4.80. The quantitative estimate of drug-likeness (QED) is 0.606. The first kappa shape index (κ1) is 12.9. The highest BCUT2D eigenvalue weighted by Gasteiger charge is 2.25. The van der Waals surface area contributed by atoms with Crippen LogP contribution >= 0.6 is 0 Å². The normalized spacial score (nSPS) is 22.8. The monoisotopic (exact) mass is 217 g/mol. The van der Waals surface area contributed by atoms with Gasteiger partial charge in [-0.2, -0.15) is 0 Å². The molecule has 0 amide bonds. The molecule has 4 nitrogen and oxygen atoms in total. The molecule has 89 valence electrons. The Morgan fingerprint density at radius 3 is 2.60 bits per heavy atom. The molecule has 2 atom stereocenters. The van der Waals surface area contributed by atoms with Crippen LogP contribution < -0.4 is 0 Å². The van der Waals surface area contributed by atoms with Crippen LogP contribution in [0.4, 0.5) is 0 Å². The van der Waals surface area contributed by atoms with E-state index in [9.17, 15) is 0 Å². The molecule has 0 aromatic rings. The lowest BCUT2D eigenvalue weighted by Crippen LogP contribution is -2.28. The maximum Gasteiger partial charge on any atom is 0.104 e. The van der Waals surface area contributed by atoms with Gasteiger partial charge in [-0.25, -0.2) is 0 Å². The van der Waals surface area contributed by atoms with Gasteiger partial charge in [0.05, 0.1) is 39.1 Å². The predicted octanol–water partition coefficient (Wildman–Crippen LogP) is 0.640. The largest absolute Gasteiger partial charge is 0.391 e. The first-order valence-corrected chi connectivity index (χ1v) is 5.28. The van der Waals surface area contributed by atoms with Crippen molar-refractivity contribution in [2.45, 2.75) is 26.1 Å². The molecule has 0 saturated carbocycles. The van der Waals surface area contributed by atoms with Gasteiger partial charge in [-0.1, -0.05) is 13.8 Å². The van der Waals surface area contributed by atoms with Gasteiger partial charge in [-0.05, 0) is 6.92 Å². The Labute approximate surface area is 91.5 Å². The minimum Gasteiger partial charge on any atom is -0.391 e. The van der Waals surface area contributed by atoms with E-state index in [-0.39, 0.29) is 12.0 Å². The number of aliphatic hydroxyl groups is 1. The van der Waals surface area contributed by atoms with Gasteiger partial charge in [0.1, 0.15) is 6.10 Å². The summed E-state index contributed by atoms with van der Waals surface area (Å²) in [5.41, 5.74) is -0.0379. The molecule has 0 aromatic heterocycles. The second-order valence-electron chi connectivity index (χ2n) is 4.80. The molecule has 0 aliphatic carbocycles. The smallest absolute Gasteiger partial charge is 0.104 e. The first-order chi connectivity index (χ1) is 6.99. The Bertz CT molecular complexity index is 165. The maximum absolute atomic E-state index is 8.92. The number of epoxide rings is 1. The third-order valence-corrected chi connectivity index (χ3v) is 2.00. The third kappa shape index (κ3) is 6.84. The molecule has 1 aliphatic heterocycles. The molecular weight excluding hydrogens is 196 g/mol. The van der Waals surface area contributed by atoms with E-state index in [1.807, 2.05) is 0 Å². The third-order valence-electron chi connectivity index (χ3n) is 2.00. The van der Waals surface area contributed by atoms with Gasteiger partial charge in [-0.15, -0.1) is 0 Å². The lowest BCUT2D eigenvalue weighted by Gasteiger charge is -2.24.